The van der Waals surface area contributed by atoms with Crippen LogP contribution in [-0.2, 0) is 4.79 Å². The van der Waals surface area contributed by atoms with Crippen molar-refractivity contribution < 1.29 is 9.58 Å². The van der Waals surface area contributed by atoms with Crippen LogP contribution in [0.5, 0.6) is 0 Å². The fourth-order valence-corrected chi connectivity index (χ4v) is 1.97. The Morgan fingerprint density at radius 3 is 2.72 bits per heavy atom. The molecule has 0 aliphatic heterocycles. The van der Waals surface area contributed by atoms with E-state index >= 15 is 0 Å². The maximum atomic E-state index is 11.5. The number of nitrogens with zero attached hydrogens (tertiary/aromatic N) is 2. The van der Waals surface area contributed by atoms with E-state index in [1.165, 1.54) is 0 Å². The quantitative estimate of drug-likeness (QED) is 0.338. The highest BCUT2D eigenvalue weighted by Gasteiger charge is 2.16. The van der Waals surface area contributed by atoms with Gasteiger partial charge in [-0.25, -0.2) is 0 Å². The summed E-state index contributed by atoms with van der Waals surface area (Å²) in [6.45, 7) is 3.67. The Kier molecular flexibility index (Phi) is 5.79. The molecule has 5 heteroatoms. The summed E-state index contributed by atoms with van der Waals surface area (Å²) in [6.07, 6.45) is 3.49. The first-order valence-corrected chi connectivity index (χ1v) is 6.10. The van der Waals surface area contributed by atoms with Crippen molar-refractivity contribution in [2.75, 3.05) is 0 Å². The predicted molar refractivity (Wildman–Crippen MR) is 73.3 cm³/mol. The van der Waals surface area contributed by atoms with Gasteiger partial charge in [-0.15, -0.1) is 6.58 Å². The van der Waals surface area contributed by atoms with Crippen molar-refractivity contribution in [3.8, 4) is 0 Å². The zero-order valence-corrected chi connectivity index (χ0v) is 11.2. The number of allylic oxidation sites excluding steroid dienone is 1. The largest absolute Gasteiger partial charge is 0.361 e. The van der Waals surface area contributed by atoms with Crippen LogP contribution in [0.3, 0.4) is 0 Å². The van der Waals surface area contributed by atoms with Crippen LogP contribution in [0.1, 0.15) is 24.3 Å². The van der Waals surface area contributed by atoms with Crippen molar-refractivity contribution in [2.24, 2.45) is 0 Å². The van der Waals surface area contributed by atoms with Gasteiger partial charge in [0.2, 0.25) is 5.78 Å². The second-order valence-electron chi connectivity index (χ2n) is 3.81. The number of carbonyl (C=O) groups excluding carboxylic acids is 1. The first-order valence-electron chi connectivity index (χ1n) is 5.34. The Morgan fingerprint density at radius 2 is 2.17 bits per heavy atom. The number of rotatable bonds is 6. The molecule has 0 aliphatic carbocycles. The van der Waals surface area contributed by atoms with Crippen LogP contribution >= 0.6 is 23.2 Å². The molecule has 1 unspecified atom stereocenters. The summed E-state index contributed by atoms with van der Waals surface area (Å²) >= 11 is 11.8. The standard InChI is InChI=1S/C13H12Cl2N2O/c1-2-3-9(6-11(18)8-17-16)10-4-5-12(14)13(15)7-10/h2,4-5,7-9H,1,3,6H2. The fourth-order valence-electron chi connectivity index (χ4n) is 1.66. The number of hydrogen-bond acceptors (Lipinski definition) is 1. The van der Waals surface area contributed by atoms with E-state index in [4.69, 9.17) is 28.7 Å². The number of halogens is 2. The summed E-state index contributed by atoms with van der Waals surface area (Å²) < 4.78 is 0. The Morgan fingerprint density at radius 1 is 1.44 bits per heavy atom. The first kappa shape index (κ1) is 14.7. The number of benzene rings is 1. The molecule has 94 valence electrons. The monoisotopic (exact) mass is 282 g/mol. The third-order valence-corrected chi connectivity index (χ3v) is 3.25. The summed E-state index contributed by atoms with van der Waals surface area (Å²) in [5, 5.41) is 0.924. The molecule has 1 atom stereocenters. The van der Waals surface area contributed by atoms with Crippen molar-refractivity contribution in [1.29, 1.82) is 0 Å². The van der Waals surface area contributed by atoms with Gasteiger partial charge in [-0.3, -0.25) is 4.79 Å². The molecule has 0 fully saturated rings. The zero-order chi connectivity index (χ0) is 13.5. The molecule has 1 aromatic carbocycles. The van der Waals surface area contributed by atoms with Crippen LogP contribution in [0.15, 0.2) is 30.9 Å². The third kappa shape index (κ3) is 4.11. The van der Waals surface area contributed by atoms with Gasteiger partial charge in [0.1, 0.15) is 0 Å². The summed E-state index contributed by atoms with van der Waals surface area (Å²) in [5.41, 5.74) is 9.23. The molecule has 0 bridgehead atoms. The molecule has 0 heterocycles. The lowest BCUT2D eigenvalue weighted by molar-refractivity contribution is -0.116. The van der Waals surface area contributed by atoms with Crippen molar-refractivity contribution in [2.45, 2.75) is 18.8 Å². The topological polar surface area (TPSA) is 53.5 Å². The molecular formula is C13H12Cl2N2O. The van der Waals surface area contributed by atoms with E-state index in [1.54, 1.807) is 18.2 Å². The van der Waals surface area contributed by atoms with Gasteiger partial charge in [0.05, 0.1) is 10.0 Å². The van der Waals surface area contributed by atoms with E-state index in [9.17, 15) is 4.79 Å². The molecule has 0 aromatic heterocycles. The minimum absolute atomic E-state index is 0.0530. The average molecular weight is 283 g/mol. The van der Waals surface area contributed by atoms with Crippen LogP contribution in [0, 0.1) is 0 Å². The highest BCUT2D eigenvalue weighted by Crippen LogP contribution is 2.30. The molecule has 1 aromatic rings. The van der Waals surface area contributed by atoms with Gasteiger partial charge in [-0.2, -0.15) is 4.79 Å². The Balaban J connectivity index is 2.96. The van der Waals surface area contributed by atoms with E-state index < -0.39 is 0 Å². The van der Waals surface area contributed by atoms with E-state index in [0.717, 1.165) is 11.8 Å². The third-order valence-electron chi connectivity index (χ3n) is 2.52. The summed E-state index contributed by atoms with van der Waals surface area (Å²) in [4.78, 5) is 14.2. The van der Waals surface area contributed by atoms with Gasteiger partial charge in [-0.1, -0.05) is 35.3 Å². The molecule has 18 heavy (non-hydrogen) atoms. The molecule has 0 radical (unpaired) electrons. The Labute approximate surface area is 116 Å². The summed E-state index contributed by atoms with van der Waals surface area (Å²) in [5.74, 6) is -0.307. The molecule has 0 saturated carbocycles. The average Bonchev–Trinajstić information content (AvgIpc) is 2.32. The molecule has 0 N–H and O–H groups in total. The number of ketones is 1. The predicted octanol–water partition coefficient (Wildman–Crippen LogP) is 3.91. The lowest BCUT2D eigenvalue weighted by Crippen LogP contribution is -2.08. The fraction of sp³-hybridized carbons (Fsp3) is 0.231. The van der Waals surface area contributed by atoms with Crippen molar-refractivity contribution in [3.05, 3.63) is 52.0 Å². The SMILES string of the molecule is C=CCC(CC(=O)C=[N+]=[N-])c1ccc(Cl)c(Cl)c1. The van der Waals surface area contributed by atoms with Gasteiger partial charge in [0, 0.05) is 6.42 Å². The lowest BCUT2D eigenvalue weighted by Gasteiger charge is -2.13. The van der Waals surface area contributed by atoms with Crippen LogP contribution in [0.25, 0.3) is 5.53 Å². The van der Waals surface area contributed by atoms with Gasteiger partial charge in [0.15, 0.2) is 0 Å². The number of hydrogen-bond donors (Lipinski definition) is 0. The van der Waals surface area contributed by atoms with Crippen molar-refractivity contribution in [3.63, 3.8) is 0 Å². The Bertz CT molecular complexity index is 508. The normalized spacial score (nSPS) is 11.4. The highest BCUT2D eigenvalue weighted by molar-refractivity contribution is 6.42. The van der Waals surface area contributed by atoms with E-state index in [0.29, 0.717) is 16.5 Å². The summed E-state index contributed by atoms with van der Waals surface area (Å²) in [6, 6.07) is 5.26. The smallest absolute Gasteiger partial charge is 0.323 e. The van der Waals surface area contributed by atoms with E-state index in [2.05, 4.69) is 11.4 Å². The maximum absolute atomic E-state index is 11.5. The molecule has 3 nitrogen and oxygen atoms in total. The molecule has 0 amide bonds. The summed E-state index contributed by atoms with van der Waals surface area (Å²) in [7, 11) is 0. The van der Waals surface area contributed by atoms with E-state index in [-0.39, 0.29) is 18.1 Å². The number of Topliss-reactive ketones (excluding diaryl/α,β-unsaturated/α-hetero) is 1. The molecule has 0 aliphatic rings. The zero-order valence-electron chi connectivity index (χ0n) is 9.64. The van der Waals surface area contributed by atoms with E-state index in [1.807, 2.05) is 6.07 Å². The molecular weight excluding hydrogens is 271 g/mol. The van der Waals surface area contributed by atoms with Crippen molar-refractivity contribution >= 4 is 35.2 Å². The molecule has 0 saturated heterocycles. The lowest BCUT2D eigenvalue weighted by atomic mass is 9.91. The minimum atomic E-state index is -0.254. The second kappa shape index (κ2) is 7.12. The van der Waals surface area contributed by atoms with Crippen LogP contribution < -0.4 is 0 Å². The molecule has 1 rings (SSSR count). The van der Waals surface area contributed by atoms with Crippen LogP contribution in [0.2, 0.25) is 10.0 Å². The first-order chi connectivity index (χ1) is 8.58. The van der Waals surface area contributed by atoms with Gasteiger partial charge in [0.25, 0.3) is 0 Å². The van der Waals surface area contributed by atoms with Crippen LogP contribution in [0.4, 0.5) is 0 Å². The van der Waals surface area contributed by atoms with Crippen LogP contribution in [-0.4, -0.2) is 16.8 Å². The Hall–Kier alpha value is -1.41. The maximum Gasteiger partial charge on any atom is 0.323 e. The second-order valence-corrected chi connectivity index (χ2v) is 4.62. The van der Waals surface area contributed by atoms with Gasteiger partial charge >= 0.3 is 6.21 Å². The highest BCUT2D eigenvalue weighted by atomic mass is 35.5. The molecule has 0 spiro atoms. The minimum Gasteiger partial charge on any atom is -0.361 e. The van der Waals surface area contributed by atoms with Crippen molar-refractivity contribution in [1.82, 2.24) is 0 Å². The van der Waals surface area contributed by atoms with Gasteiger partial charge < -0.3 is 5.53 Å². The van der Waals surface area contributed by atoms with Gasteiger partial charge in [-0.05, 0) is 30.0 Å². The number of carbonyl (C=O) groups is 1.